The molecule has 3 rings (SSSR count). The average Bonchev–Trinajstić information content (AvgIpc) is 2.72. The molecule has 6 nitrogen and oxygen atoms in total. The van der Waals surface area contributed by atoms with Crippen LogP contribution in [-0.2, 0) is 18.1 Å². The third-order valence-electron chi connectivity index (χ3n) is 3.98. The van der Waals surface area contributed by atoms with Gasteiger partial charge in [-0.05, 0) is 64.0 Å². The molecule has 0 aliphatic carbocycles. The van der Waals surface area contributed by atoms with Gasteiger partial charge in [0.2, 0.25) is 0 Å². The number of oxime groups is 1. The lowest BCUT2D eigenvalue weighted by molar-refractivity contribution is -0.384. The molecule has 0 fully saturated rings. The molecule has 0 saturated carbocycles. The number of nitrogens with zero attached hydrogens (tertiary/aromatic N) is 2. The minimum atomic E-state index is -0.445. The molecule has 3 aromatic rings. The van der Waals surface area contributed by atoms with Gasteiger partial charge in [0.1, 0.15) is 19.0 Å². The number of hydrogen-bond donors (Lipinski definition) is 0. The lowest BCUT2D eigenvalue weighted by Crippen LogP contribution is -1.98. The third kappa shape index (κ3) is 6.32. The molecule has 3 aromatic carbocycles. The highest BCUT2D eigenvalue weighted by atomic mass is 127. The number of nitro benzene ring substituents is 1. The van der Waals surface area contributed by atoms with Crippen LogP contribution in [0.5, 0.6) is 5.75 Å². The summed E-state index contributed by atoms with van der Waals surface area (Å²) in [7, 11) is 0. The molecule has 0 aromatic heterocycles. The largest absolute Gasteiger partial charge is 0.488 e. The van der Waals surface area contributed by atoms with Gasteiger partial charge in [-0.2, -0.15) is 0 Å². The van der Waals surface area contributed by atoms with E-state index in [-0.39, 0.29) is 12.3 Å². The molecule has 0 atom stereocenters. The quantitative estimate of drug-likeness (QED) is 0.135. The summed E-state index contributed by atoms with van der Waals surface area (Å²) in [6.45, 7) is 0.462. The Morgan fingerprint density at radius 3 is 2.63 bits per heavy atom. The lowest BCUT2D eigenvalue weighted by atomic mass is 10.2. The van der Waals surface area contributed by atoms with Gasteiger partial charge in [-0.15, -0.1) is 0 Å². The van der Waals surface area contributed by atoms with Gasteiger partial charge >= 0.3 is 0 Å². The first kappa shape index (κ1) is 22.3. The second-order valence-electron chi connectivity index (χ2n) is 6.15. The van der Waals surface area contributed by atoms with Crippen molar-refractivity contribution >= 4 is 57.7 Å². The summed E-state index contributed by atoms with van der Waals surface area (Å²) in [5.74, 6) is 0.719. The van der Waals surface area contributed by atoms with Crippen LogP contribution in [0.25, 0.3) is 0 Å². The maximum Gasteiger partial charge on any atom is 0.269 e. The topological polar surface area (TPSA) is 74.0 Å². The van der Waals surface area contributed by atoms with Crippen LogP contribution < -0.4 is 4.74 Å². The van der Waals surface area contributed by atoms with Crippen molar-refractivity contribution in [1.29, 1.82) is 0 Å². The first-order chi connectivity index (χ1) is 14.4. The van der Waals surface area contributed by atoms with Crippen molar-refractivity contribution in [3.63, 3.8) is 0 Å². The van der Waals surface area contributed by atoms with E-state index >= 15 is 0 Å². The van der Waals surface area contributed by atoms with E-state index in [1.165, 1.54) is 12.1 Å². The van der Waals surface area contributed by atoms with Gasteiger partial charge in [0.15, 0.2) is 0 Å². The van der Waals surface area contributed by atoms with Gasteiger partial charge in [-0.25, -0.2) is 0 Å². The maximum atomic E-state index is 10.8. The zero-order valence-electron chi connectivity index (χ0n) is 15.4. The van der Waals surface area contributed by atoms with E-state index in [9.17, 15) is 10.1 Å². The minimum Gasteiger partial charge on any atom is -0.488 e. The van der Waals surface area contributed by atoms with Crippen molar-refractivity contribution in [3.8, 4) is 5.75 Å². The molecule has 0 aliphatic heterocycles. The summed E-state index contributed by atoms with van der Waals surface area (Å²) in [5, 5.41) is 15.9. The van der Waals surface area contributed by atoms with Crippen LogP contribution >= 0.6 is 45.8 Å². The SMILES string of the molecule is O=[N+]([O-])c1cccc(CO/N=C\c2ccc(OCc3ccc(Cl)cc3Cl)c(I)c2)c1. The minimum absolute atomic E-state index is 0.0186. The van der Waals surface area contributed by atoms with Crippen LogP contribution in [0.2, 0.25) is 10.0 Å². The van der Waals surface area contributed by atoms with Gasteiger partial charge in [-0.3, -0.25) is 10.1 Å². The van der Waals surface area contributed by atoms with Crippen molar-refractivity contribution in [3.05, 3.63) is 101 Å². The Labute approximate surface area is 196 Å². The van der Waals surface area contributed by atoms with Crippen LogP contribution in [0.4, 0.5) is 5.69 Å². The van der Waals surface area contributed by atoms with E-state index in [1.54, 1.807) is 30.5 Å². The van der Waals surface area contributed by atoms with Crippen molar-refractivity contribution < 1.29 is 14.5 Å². The summed E-state index contributed by atoms with van der Waals surface area (Å²) < 4.78 is 6.75. The van der Waals surface area contributed by atoms with Crippen LogP contribution in [-0.4, -0.2) is 11.1 Å². The highest BCUT2D eigenvalue weighted by molar-refractivity contribution is 14.1. The number of benzene rings is 3. The molecule has 0 unspecified atom stereocenters. The summed E-state index contributed by atoms with van der Waals surface area (Å²) in [5.41, 5.74) is 2.36. The summed E-state index contributed by atoms with van der Waals surface area (Å²) in [6.07, 6.45) is 1.57. The molecular weight excluding hydrogens is 542 g/mol. The molecule has 0 heterocycles. The van der Waals surface area contributed by atoms with Gasteiger partial charge < -0.3 is 9.57 Å². The first-order valence-electron chi connectivity index (χ1n) is 8.67. The molecule has 0 aliphatic rings. The first-order valence-corrected chi connectivity index (χ1v) is 10.5. The zero-order valence-corrected chi connectivity index (χ0v) is 19.1. The fourth-order valence-corrected chi connectivity index (χ4v) is 3.64. The predicted molar refractivity (Wildman–Crippen MR) is 125 cm³/mol. The summed E-state index contributed by atoms with van der Waals surface area (Å²) in [4.78, 5) is 15.6. The van der Waals surface area contributed by atoms with Crippen LogP contribution in [0, 0.1) is 13.7 Å². The fourth-order valence-electron chi connectivity index (χ4n) is 2.48. The molecule has 0 N–H and O–H groups in total. The second kappa shape index (κ2) is 10.6. The van der Waals surface area contributed by atoms with Gasteiger partial charge in [0, 0.05) is 27.7 Å². The van der Waals surface area contributed by atoms with E-state index in [4.69, 9.17) is 32.8 Å². The molecule has 30 heavy (non-hydrogen) atoms. The Hall–Kier alpha value is -2.36. The molecule has 154 valence electrons. The Bertz CT molecular complexity index is 1090. The van der Waals surface area contributed by atoms with Gasteiger partial charge in [0.25, 0.3) is 5.69 Å². The van der Waals surface area contributed by atoms with Crippen LogP contribution in [0.15, 0.2) is 65.8 Å². The molecule has 0 bridgehead atoms. The van der Waals surface area contributed by atoms with E-state index in [0.717, 1.165) is 20.4 Å². The van der Waals surface area contributed by atoms with Crippen molar-refractivity contribution in [1.82, 2.24) is 0 Å². The normalized spacial score (nSPS) is 10.9. The average molecular weight is 557 g/mol. The van der Waals surface area contributed by atoms with E-state index in [1.807, 2.05) is 24.3 Å². The standard InChI is InChI=1S/C21H15Cl2IN2O4/c22-17-6-5-16(19(23)10-17)13-29-21-7-4-14(9-20(21)24)11-25-30-12-15-2-1-3-18(8-15)26(27)28/h1-11H,12-13H2/b25-11-. The number of non-ortho nitro benzene ring substituents is 1. The molecule has 0 spiro atoms. The molecule has 0 amide bonds. The van der Waals surface area contributed by atoms with E-state index in [2.05, 4.69) is 27.7 Å². The maximum absolute atomic E-state index is 10.8. The van der Waals surface area contributed by atoms with Crippen molar-refractivity contribution in [2.45, 2.75) is 13.2 Å². The number of hydrogen-bond acceptors (Lipinski definition) is 5. The molecule has 9 heteroatoms. The van der Waals surface area contributed by atoms with Gasteiger partial charge in [-0.1, -0.05) is 46.6 Å². The predicted octanol–water partition coefficient (Wildman–Crippen LogP) is 6.64. The number of halogens is 3. The van der Waals surface area contributed by atoms with Crippen LogP contribution in [0.1, 0.15) is 16.7 Å². The molecule has 0 radical (unpaired) electrons. The number of rotatable bonds is 8. The van der Waals surface area contributed by atoms with E-state index in [0.29, 0.717) is 22.2 Å². The lowest BCUT2D eigenvalue weighted by Gasteiger charge is -2.10. The van der Waals surface area contributed by atoms with Crippen molar-refractivity contribution in [2.75, 3.05) is 0 Å². The Balaban J connectivity index is 1.55. The number of nitro groups is 1. The summed E-state index contributed by atoms with van der Waals surface area (Å²) in [6, 6.07) is 17.1. The summed E-state index contributed by atoms with van der Waals surface area (Å²) >= 11 is 14.3. The fraction of sp³-hybridized carbons (Fsp3) is 0.0952. The number of ether oxygens (including phenoxy) is 1. The highest BCUT2D eigenvalue weighted by Crippen LogP contribution is 2.26. The molecular formula is C21H15Cl2IN2O4. The second-order valence-corrected chi connectivity index (χ2v) is 8.16. The third-order valence-corrected chi connectivity index (χ3v) is 5.41. The van der Waals surface area contributed by atoms with E-state index < -0.39 is 4.92 Å². The zero-order chi connectivity index (χ0) is 21.5. The monoisotopic (exact) mass is 556 g/mol. The highest BCUT2D eigenvalue weighted by Gasteiger charge is 2.07. The van der Waals surface area contributed by atoms with Crippen LogP contribution in [0.3, 0.4) is 0 Å². The Morgan fingerprint density at radius 1 is 1.07 bits per heavy atom. The molecule has 0 saturated heterocycles. The van der Waals surface area contributed by atoms with Gasteiger partial charge in [0.05, 0.1) is 14.7 Å². The Morgan fingerprint density at radius 2 is 1.90 bits per heavy atom. The Kier molecular flexibility index (Phi) is 7.89. The smallest absolute Gasteiger partial charge is 0.269 e. The van der Waals surface area contributed by atoms with Crippen molar-refractivity contribution in [2.24, 2.45) is 5.16 Å².